The van der Waals surface area contributed by atoms with Gasteiger partial charge in [0.1, 0.15) is 5.00 Å². The number of amides is 1. The van der Waals surface area contributed by atoms with Crippen molar-refractivity contribution >= 4 is 39.7 Å². The van der Waals surface area contributed by atoms with Crippen LogP contribution in [0.5, 0.6) is 0 Å². The van der Waals surface area contributed by atoms with Gasteiger partial charge in [-0.1, -0.05) is 4.49 Å². The fourth-order valence-corrected chi connectivity index (χ4v) is 2.50. The van der Waals surface area contributed by atoms with Gasteiger partial charge in [-0.05, 0) is 11.4 Å². The van der Waals surface area contributed by atoms with E-state index in [1.165, 1.54) is 17.5 Å². The zero-order valence-corrected chi connectivity index (χ0v) is 10.0. The first kappa shape index (κ1) is 11.7. The van der Waals surface area contributed by atoms with Gasteiger partial charge in [-0.2, -0.15) is 0 Å². The molecule has 0 saturated carbocycles. The normalized spacial score (nSPS) is 10.1. The Morgan fingerprint density at radius 1 is 1.47 bits per heavy atom. The predicted octanol–water partition coefficient (Wildman–Crippen LogP) is 1.48. The van der Waals surface area contributed by atoms with Gasteiger partial charge in [0, 0.05) is 16.4 Å². The van der Waals surface area contributed by atoms with Gasteiger partial charge in [0.25, 0.3) is 5.91 Å². The molecule has 0 spiro atoms. The Labute approximate surface area is 104 Å². The van der Waals surface area contributed by atoms with E-state index < -0.39 is 5.97 Å². The number of rotatable bonds is 4. The summed E-state index contributed by atoms with van der Waals surface area (Å²) >= 11 is 2.31. The molecule has 17 heavy (non-hydrogen) atoms. The molecule has 0 unspecified atom stereocenters. The average molecular weight is 269 g/mol. The van der Waals surface area contributed by atoms with Crippen molar-refractivity contribution < 1.29 is 14.7 Å². The highest BCUT2D eigenvalue weighted by Crippen LogP contribution is 2.20. The number of carboxylic acids is 1. The highest BCUT2D eigenvalue weighted by Gasteiger charge is 2.15. The Kier molecular flexibility index (Phi) is 3.45. The molecule has 0 aliphatic heterocycles. The van der Waals surface area contributed by atoms with E-state index in [0.717, 1.165) is 11.5 Å². The summed E-state index contributed by atoms with van der Waals surface area (Å²) in [6.07, 6.45) is 1.28. The number of carbonyl (C=O) groups excluding carboxylic acids is 1. The number of thiophene rings is 1. The third-order valence-corrected chi connectivity index (χ3v) is 3.40. The predicted molar refractivity (Wildman–Crippen MR) is 63.5 cm³/mol. The van der Waals surface area contributed by atoms with E-state index in [-0.39, 0.29) is 12.3 Å². The van der Waals surface area contributed by atoms with Crippen LogP contribution in [-0.4, -0.2) is 26.6 Å². The van der Waals surface area contributed by atoms with Crippen LogP contribution in [0.3, 0.4) is 0 Å². The molecule has 88 valence electrons. The van der Waals surface area contributed by atoms with Gasteiger partial charge in [0.05, 0.1) is 18.2 Å². The van der Waals surface area contributed by atoms with Crippen molar-refractivity contribution in [3.05, 3.63) is 28.1 Å². The molecule has 0 aromatic carbocycles. The molecule has 0 bridgehead atoms. The van der Waals surface area contributed by atoms with E-state index in [2.05, 4.69) is 14.9 Å². The monoisotopic (exact) mass is 269 g/mol. The summed E-state index contributed by atoms with van der Waals surface area (Å²) in [7, 11) is 0. The number of anilines is 1. The van der Waals surface area contributed by atoms with Crippen LogP contribution >= 0.6 is 22.9 Å². The lowest BCUT2D eigenvalue weighted by Gasteiger charge is -2.01. The minimum atomic E-state index is -0.957. The van der Waals surface area contributed by atoms with Gasteiger partial charge < -0.3 is 10.4 Å². The van der Waals surface area contributed by atoms with E-state index in [1.807, 2.05) is 0 Å². The van der Waals surface area contributed by atoms with Crippen molar-refractivity contribution in [2.24, 2.45) is 0 Å². The molecular weight excluding hydrogens is 262 g/mol. The fraction of sp³-hybridized carbons (Fsp3) is 0.111. The summed E-state index contributed by atoms with van der Waals surface area (Å²) in [5.41, 5.74) is 0.380. The molecule has 8 heteroatoms. The van der Waals surface area contributed by atoms with Crippen molar-refractivity contribution in [2.45, 2.75) is 6.42 Å². The van der Waals surface area contributed by atoms with Crippen molar-refractivity contribution in [1.29, 1.82) is 0 Å². The second-order valence-corrected chi connectivity index (χ2v) is 4.85. The van der Waals surface area contributed by atoms with E-state index in [9.17, 15) is 9.59 Å². The highest BCUT2D eigenvalue weighted by atomic mass is 32.1. The van der Waals surface area contributed by atoms with Crippen LogP contribution < -0.4 is 5.32 Å². The first-order valence-corrected chi connectivity index (χ1v) is 6.19. The van der Waals surface area contributed by atoms with E-state index in [1.54, 1.807) is 11.4 Å². The van der Waals surface area contributed by atoms with Crippen molar-refractivity contribution in [3.8, 4) is 0 Å². The summed E-state index contributed by atoms with van der Waals surface area (Å²) in [6.45, 7) is 0. The van der Waals surface area contributed by atoms with Crippen LogP contribution in [0.15, 0.2) is 17.6 Å². The molecule has 2 heterocycles. The van der Waals surface area contributed by atoms with Gasteiger partial charge in [0.2, 0.25) is 0 Å². The molecule has 0 atom stereocenters. The molecule has 0 saturated heterocycles. The lowest BCUT2D eigenvalue weighted by molar-refractivity contribution is -0.136. The number of hydrogen-bond acceptors (Lipinski definition) is 6. The lowest BCUT2D eigenvalue weighted by atomic mass is 10.2. The Morgan fingerprint density at radius 2 is 2.29 bits per heavy atom. The third kappa shape index (κ3) is 2.86. The van der Waals surface area contributed by atoms with E-state index in [4.69, 9.17) is 5.11 Å². The topological polar surface area (TPSA) is 92.2 Å². The molecule has 6 nitrogen and oxygen atoms in total. The molecule has 0 fully saturated rings. The van der Waals surface area contributed by atoms with Crippen LogP contribution in [-0.2, 0) is 11.2 Å². The maximum Gasteiger partial charge on any atom is 0.308 e. The molecule has 0 radical (unpaired) electrons. The Hall–Kier alpha value is -1.80. The zero-order chi connectivity index (χ0) is 12.3. The summed E-state index contributed by atoms with van der Waals surface area (Å²) in [5, 5.41) is 17.1. The van der Waals surface area contributed by atoms with Gasteiger partial charge in [-0.15, -0.1) is 16.4 Å². The molecular formula is C9H7N3O3S2. The summed E-state index contributed by atoms with van der Waals surface area (Å²) in [5.74, 6) is -1.30. The van der Waals surface area contributed by atoms with Crippen molar-refractivity contribution in [3.63, 3.8) is 0 Å². The number of aromatic nitrogens is 2. The smallest absolute Gasteiger partial charge is 0.308 e. The number of nitrogens with zero attached hydrogens (tertiary/aromatic N) is 2. The summed E-state index contributed by atoms with van der Waals surface area (Å²) in [6, 6.07) is 1.60. The van der Waals surface area contributed by atoms with Gasteiger partial charge in [-0.3, -0.25) is 9.59 Å². The van der Waals surface area contributed by atoms with Crippen LogP contribution in [0.2, 0.25) is 0 Å². The lowest BCUT2D eigenvalue weighted by Crippen LogP contribution is -2.13. The SMILES string of the molecule is O=C(O)Cc1sccc1C(=O)Nc1cnns1. The van der Waals surface area contributed by atoms with Gasteiger partial charge >= 0.3 is 5.97 Å². The third-order valence-electron chi connectivity index (χ3n) is 1.90. The molecule has 2 rings (SSSR count). The standard InChI is InChI=1S/C9H7N3O3S2/c13-8(14)3-6-5(1-2-16-6)9(15)11-7-4-10-12-17-7/h1-2,4H,3H2,(H,11,15)(H,13,14). The second-order valence-electron chi connectivity index (χ2n) is 3.06. The fourth-order valence-electron chi connectivity index (χ4n) is 1.22. The van der Waals surface area contributed by atoms with Gasteiger partial charge in [-0.25, -0.2) is 0 Å². The van der Waals surface area contributed by atoms with E-state index >= 15 is 0 Å². The van der Waals surface area contributed by atoms with Crippen LogP contribution in [0.25, 0.3) is 0 Å². The maximum atomic E-state index is 11.8. The summed E-state index contributed by atoms with van der Waals surface area (Å²) < 4.78 is 3.61. The molecule has 0 aliphatic rings. The van der Waals surface area contributed by atoms with Crippen molar-refractivity contribution in [2.75, 3.05) is 5.32 Å². The minimum absolute atomic E-state index is 0.151. The number of hydrogen-bond donors (Lipinski definition) is 2. The number of aliphatic carboxylic acids is 1. The highest BCUT2D eigenvalue weighted by molar-refractivity contribution is 7.10. The molecule has 2 aromatic rings. The number of carbonyl (C=O) groups is 2. The number of nitrogens with one attached hydrogen (secondary N) is 1. The summed E-state index contributed by atoms with van der Waals surface area (Å²) in [4.78, 5) is 23.0. The second kappa shape index (κ2) is 5.02. The first-order valence-electron chi connectivity index (χ1n) is 4.53. The molecule has 2 N–H and O–H groups in total. The Morgan fingerprint density at radius 3 is 2.94 bits per heavy atom. The molecule has 1 amide bonds. The quantitative estimate of drug-likeness (QED) is 0.877. The Bertz CT molecular complexity index is 535. The molecule has 0 aliphatic carbocycles. The first-order chi connectivity index (χ1) is 8.16. The minimum Gasteiger partial charge on any atom is -0.481 e. The zero-order valence-electron chi connectivity index (χ0n) is 8.41. The number of carboxylic acid groups (broad SMARTS) is 1. The van der Waals surface area contributed by atoms with Crippen LogP contribution in [0.1, 0.15) is 15.2 Å². The Balaban J connectivity index is 2.14. The maximum absolute atomic E-state index is 11.8. The largest absolute Gasteiger partial charge is 0.481 e. The van der Waals surface area contributed by atoms with Crippen LogP contribution in [0, 0.1) is 0 Å². The van der Waals surface area contributed by atoms with Crippen molar-refractivity contribution in [1.82, 2.24) is 9.59 Å². The van der Waals surface area contributed by atoms with Gasteiger partial charge in [0.15, 0.2) is 0 Å². The van der Waals surface area contributed by atoms with Crippen LogP contribution in [0.4, 0.5) is 5.00 Å². The molecule has 2 aromatic heterocycles. The average Bonchev–Trinajstić information content (AvgIpc) is 2.87. The van der Waals surface area contributed by atoms with E-state index in [0.29, 0.717) is 15.4 Å².